The Bertz CT molecular complexity index is 678. The Balaban J connectivity index is 2.00. The van der Waals surface area contributed by atoms with Crippen LogP contribution in [0.25, 0.3) is 0 Å². The van der Waals surface area contributed by atoms with Crippen molar-refractivity contribution in [3.8, 4) is 6.07 Å². The number of nitrogens with one attached hydrogen (secondary N) is 1. The fraction of sp³-hybridized carbons (Fsp3) is 0.429. The molecule has 2 rings (SSSR count). The number of benzene rings is 1. The van der Waals surface area contributed by atoms with Crippen molar-refractivity contribution in [1.29, 1.82) is 5.26 Å². The zero-order chi connectivity index (χ0) is 15.5. The first-order chi connectivity index (χ1) is 9.96. The van der Waals surface area contributed by atoms with Crippen LogP contribution < -0.4 is 4.72 Å². The van der Waals surface area contributed by atoms with Crippen molar-refractivity contribution in [3.05, 3.63) is 35.4 Å². The molecule has 0 aliphatic heterocycles. The van der Waals surface area contributed by atoms with E-state index in [1.807, 2.05) is 13.0 Å². The number of nitriles is 1. The maximum absolute atomic E-state index is 12.0. The molecule has 2 unspecified atom stereocenters. The Morgan fingerprint density at radius 1 is 1.48 bits per heavy atom. The summed E-state index contributed by atoms with van der Waals surface area (Å²) in [5.41, 5.74) is 0.659. The molecule has 0 aromatic heterocycles. The van der Waals surface area contributed by atoms with Crippen LogP contribution >= 0.6 is 0 Å². The van der Waals surface area contributed by atoms with E-state index in [1.165, 1.54) is 0 Å². The smallest absolute Gasteiger partial charge is 0.239 e. The lowest BCUT2D eigenvalue weighted by molar-refractivity contribution is -0.121. The molecule has 1 amide bonds. The Labute approximate surface area is 123 Å². The Hall–Kier alpha value is -1.91. The molecule has 1 aromatic rings. The molecular weight excluding hydrogens is 292 g/mol. The summed E-state index contributed by atoms with van der Waals surface area (Å²) in [5, 5.41) is 8.94. The van der Waals surface area contributed by atoms with Crippen molar-refractivity contribution in [2.24, 2.45) is 5.92 Å². The number of ether oxygens (including phenoxy) is 1. The summed E-state index contributed by atoms with van der Waals surface area (Å²) >= 11 is 0. The molecule has 1 saturated carbocycles. The third-order valence-corrected chi connectivity index (χ3v) is 4.39. The van der Waals surface area contributed by atoms with Gasteiger partial charge in [0.15, 0.2) is 0 Å². The minimum Gasteiger partial charge on any atom is -0.378 e. The highest BCUT2D eigenvalue weighted by Crippen LogP contribution is 2.33. The summed E-state index contributed by atoms with van der Waals surface area (Å²) in [6.07, 6.45) is 0.362. The molecule has 0 bridgehead atoms. The topological polar surface area (TPSA) is 96.3 Å². The van der Waals surface area contributed by atoms with Gasteiger partial charge in [-0.25, -0.2) is 8.42 Å². The molecule has 0 saturated heterocycles. The van der Waals surface area contributed by atoms with Gasteiger partial charge in [0, 0.05) is 6.61 Å². The van der Waals surface area contributed by atoms with Gasteiger partial charge in [0.1, 0.15) is 0 Å². The maximum atomic E-state index is 12.0. The fourth-order valence-electron chi connectivity index (χ4n) is 2.07. The number of nitrogens with zero attached hydrogens (tertiary/aromatic N) is 1. The maximum Gasteiger partial charge on any atom is 0.239 e. The van der Waals surface area contributed by atoms with E-state index in [0.29, 0.717) is 18.6 Å². The van der Waals surface area contributed by atoms with Crippen LogP contribution in [-0.2, 0) is 25.3 Å². The van der Waals surface area contributed by atoms with Crippen molar-refractivity contribution in [2.45, 2.75) is 25.2 Å². The Kier molecular flexibility index (Phi) is 4.60. The number of hydrogen-bond acceptors (Lipinski definition) is 5. The van der Waals surface area contributed by atoms with E-state index >= 15 is 0 Å². The van der Waals surface area contributed by atoms with Crippen LogP contribution in [0.5, 0.6) is 0 Å². The Morgan fingerprint density at radius 2 is 2.19 bits per heavy atom. The second-order valence-electron chi connectivity index (χ2n) is 4.83. The van der Waals surface area contributed by atoms with E-state index in [2.05, 4.69) is 4.72 Å². The highest BCUT2D eigenvalue weighted by atomic mass is 32.2. The number of carbonyl (C=O) groups is 1. The van der Waals surface area contributed by atoms with Gasteiger partial charge in [0.2, 0.25) is 15.9 Å². The van der Waals surface area contributed by atoms with Crippen LogP contribution in [0, 0.1) is 17.2 Å². The van der Waals surface area contributed by atoms with Crippen molar-refractivity contribution < 1.29 is 17.9 Å². The zero-order valence-corrected chi connectivity index (χ0v) is 12.4. The quantitative estimate of drug-likeness (QED) is 0.843. The minimum absolute atomic E-state index is 0.184. The molecule has 1 N–H and O–H groups in total. The first-order valence-electron chi connectivity index (χ1n) is 6.60. The van der Waals surface area contributed by atoms with Crippen molar-refractivity contribution >= 4 is 15.9 Å². The molecule has 21 heavy (non-hydrogen) atoms. The number of carbonyl (C=O) groups excluding carboxylic acids is 1. The summed E-state index contributed by atoms with van der Waals surface area (Å²) < 4.78 is 31.3. The van der Waals surface area contributed by atoms with Gasteiger partial charge in [-0.2, -0.15) is 5.26 Å². The molecule has 0 radical (unpaired) electrons. The molecule has 1 fully saturated rings. The minimum atomic E-state index is -3.82. The van der Waals surface area contributed by atoms with Crippen LogP contribution in [0.3, 0.4) is 0 Å². The summed E-state index contributed by atoms with van der Waals surface area (Å²) in [6, 6.07) is 8.34. The molecule has 0 spiro atoms. The van der Waals surface area contributed by atoms with Gasteiger partial charge in [-0.05, 0) is 25.0 Å². The zero-order valence-electron chi connectivity index (χ0n) is 11.6. The van der Waals surface area contributed by atoms with Crippen LogP contribution in [0.1, 0.15) is 24.5 Å². The van der Waals surface area contributed by atoms with Crippen molar-refractivity contribution in [1.82, 2.24) is 4.72 Å². The van der Waals surface area contributed by atoms with Gasteiger partial charge < -0.3 is 4.74 Å². The average molecular weight is 308 g/mol. The van der Waals surface area contributed by atoms with Gasteiger partial charge in [-0.15, -0.1) is 0 Å². The van der Waals surface area contributed by atoms with E-state index in [4.69, 9.17) is 10.00 Å². The van der Waals surface area contributed by atoms with Crippen molar-refractivity contribution in [3.63, 3.8) is 0 Å². The molecule has 112 valence electrons. The molecule has 2 atom stereocenters. The number of hydrogen-bond donors (Lipinski definition) is 1. The predicted molar refractivity (Wildman–Crippen MR) is 75.4 cm³/mol. The highest BCUT2D eigenvalue weighted by molar-refractivity contribution is 7.89. The van der Waals surface area contributed by atoms with E-state index in [1.54, 1.807) is 24.3 Å². The average Bonchev–Trinajstić information content (AvgIpc) is 3.18. The van der Waals surface area contributed by atoms with Crippen LogP contribution in [0.4, 0.5) is 0 Å². The lowest BCUT2D eigenvalue weighted by Crippen LogP contribution is -2.33. The number of rotatable bonds is 6. The predicted octanol–water partition coefficient (Wildman–Crippen LogP) is 0.929. The number of sulfonamides is 1. The van der Waals surface area contributed by atoms with Gasteiger partial charge in [-0.1, -0.05) is 18.2 Å². The van der Waals surface area contributed by atoms with E-state index in [0.717, 1.165) is 0 Å². The first kappa shape index (κ1) is 15.5. The molecule has 6 nitrogen and oxygen atoms in total. The first-order valence-corrected chi connectivity index (χ1v) is 8.26. The van der Waals surface area contributed by atoms with Crippen LogP contribution in [-0.4, -0.2) is 27.0 Å². The third kappa shape index (κ3) is 4.03. The highest BCUT2D eigenvalue weighted by Gasteiger charge is 2.45. The van der Waals surface area contributed by atoms with Crippen LogP contribution in [0.2, 0.25) is 0 Å². The molecule has 1 aromatic carbocycles. The van der Waals surface area contributed by atoms with Gasteiger partial charge in [0.25, 0.3) is 0 Å². The van der Waals surface area contributed by atoms with Gasteiger partial charge in [0.05, 0.1) is 29.4 Å². The van der Waals surface area contributed by atoms with Gasteiger partial charge >= 0.3 is 0 Å². The molecule has 0 heterocycles. The normalized spacial score (nSPS) is 20.6. The summed E-state index contributed by atoms with van der Waals surface area (Å²) in [4.78, 5) is 11.8. The summed E-state index contributed by atoms with van der Waals surface area (Å²) in [6.45, 7) is 2.32. The summed E-state index contributed by atoms with van der Waals surface area (Å²) in [7, 11) is -3.82. The standard InChI is InChI=1S/C14H16N2O4S/c1-2-20-13-7-12(13)14(17)16-21(18,19)9-11-6-4-3-5-10(11)8-15/h3-6,12-13H,2,7,9H2,1H3,(H,16,17). The van der Waals surface area contributed by atoms with Crippen LogP contribution in [0.15, 0.2) is 24.3 Å². The van der Waals surface area contributed by atoms with Gasteiger partial charge in [-0.3, -0.25) is 9.52 Å². The summed E-state index contributed by atoms with van der Waals surface area (Å²) in [5.74, 6) is -1.33. The SMILES string of the molecule is CCOC1CC1C(=O)NS(=O)(=O)Cc1ccccc1C#N. The second kappa shape index (κ2) is 6.24. The monoisotopic (exact) mass is 308 g/mol. The Morgan fingerprint density at radius 3 is 2.86 bits per heavy atom. The van der Waals surface area contributed by atoms with E-state index in [9.17, 15) is 13.2 Å². The van der Waals surface area contributed by atoms with E-state index < -0.39 is 27.6 Å². The lowest BCUT2D eigenvalue weighted by Gasteiger charge is -2.08. The largest absolute Gasteiger partial charge is 0.378 e. The molecule has 7 heteroatoms. The lowest BCUT2D eigenvalue weighted by atomic mass is 10.1. The van der Waals surface area contributed by atoms with E-state index in [-0.39, 0.29) is 11.7 Å². The third-order valence-electron chi connectivity index (χ3n) is 3.19. The fourth-order valence-corrected chi connectivity index (χ4v) is 3.26. The molecule has 1 aliphatic carbocycles. The number of amides is 1. The molecule has 1 aliphatic rings. The second-order valence-corrected chi connectivity index (χ2v) is 6.55. The van der Waals surface area contributed by atoms with Crippen molar-refractivity contribution in [2.75, 3.05) is 6.61 Å². The molecular formula is C14H16N2O4S.